The van der Waals surface area contributed by atoms with Gasteiger partial charge in [-0.05, 0) is 123 Å². The number of aromatic hydroxyl groups is 1. The van der Waals surface area contributed by atoms with Crippen molar-refractivity contribution in [3.63, 3.8) is 0 Å². The Hall–Kier alpha value is -4.82. The number of aryl methyl sites for hydroxylation is 1. The lowest BCUT2D eigenvalue weighted by atomic mass is 9.96. The smallest absolute Gasteiger partial charge is 0.174 e. The zero-order valence-corrected chi connectivity index (χ0v) is 23.8. The topological polar surface area (TPSA) is 71.8 Å². The van der Waals surface area contributed by atoms with Crippen LogP contribution in [-0.4, -0.2) is 26.9 Å². The van der Waals surface area contributed by atoms with Crippen molar-refractivity contribution in [3.05, 3.63) is 126 Å². The molecule has 0 spiro atoms. The van der Waals surface area contributed by atoms with Crippen LogP contribution in [0.4, 0.5) is 5.69 Å². The van der Waals surface area contributed by atoms with Crippen LogP contribution < -0.4 is 19.7 Å². The Kier molecular flexibility index (Phi) is 7.07. The Morgan fingerprint density at radius 3 is 2.10 bits per heavy atom. The minimum absolute atomic E-state index is 0.150. The number of methoxy groups -OCH3 is 1. The number of ether oxygens (including phenoxy) is 2. The third-order valence-electron chi connectivity index (χ3n) is 7.40. The van der Waals surface area contributed by atoms with Crippen molar-refractivity contribution in [2.45, 2.75) is 25.9 Å². The van der Waals surface area contributed by atoms with Crippen LogP contribution in [0.5, 0.6) is 23.0 Å². The lowest BCUT2D eigenvalue weighted by molar-refractivity contribution is 0.413. The number of phenolic OH excluding ortho intramolecular Hbond substituents is 1. The quantitative estimate of drug-likeness (QED) is 0.204. The van der Waals surface area contributed by atoms with Gasteiger partial charge in [-0.1, -0.05) is 6.07 Å². The zero-order valence-electron chi connectivity index (χ0n) is 23.0. The number of pyridine rings is 1. The van der Waals surface area contributed by atoms with Crippen molar-refractivity contribution >= 4 is 23.0 Å². The van der Waals surface area contributed by atoms with Crippen LogP contribution >= 0.6 is 12.2 Å². The summed E-state index contributed by atoms with van der Waals surface area (Å²) in [4.78, 5) is 6.85. The molecule has 41 heavy (non-hydrogen) atoms. The molecule has 5 aromatic rings. The lowest BCUT2D eigenvalue weighted by Crippen LogP contribution is -2.29. The highest BCUT2D eigenvalue weighted by Gasteiger charge is 2.42. The van der Waals surface area contributed by atoms with Crippen molar-refractivity contribution in [2.24, 2.45) is 0 Å². The van der Waals surface area contributed by atoms with Gasteiger partial charge in [-0.3, -0.25) is 4.98 Å². The van der Waals surface area contributed by atoms with Crippen LogP contribution in [0.25, 0.3) is 5.69 Å². The standard InChI is InChI=1S/C33H30N4O3S/c1-21-20-29(22(2)36(21)23-7-11-25(38)12-8-23)32-31(30-6-4-5-19-34-30)35-33(41)37(32)24-9-13-27(14-10-24)40-28-17-15-26(39-3)16-18-28/h4-20,31-32,38H,1-3H3,(H,35,41)/t31-,32+/m1/s1. The van der Waals surface area contributed by atoms with Gasteiger partial charge in [-0.2, -0.15) is 0 Å². The fraction of sp³-hybridized carbons (Fsp3) is 0.152. The Morgan fingerprint density at radius 2 is 1.46 bits per heavy atom. The minimum atomic E-state index is -0.160. The van der Waals surface area contributed by atoms with Crippen molar-refractivity contribution in [1.29, 1.82) is 0 Å². The minimum Gasteiger partial charge on any atom is -0.508 e. The fourth-order valence-electron chi connectivity index (χ4n) is 5.49. The van der Waals surface area contributed by atoms with Gasteiger partial charge in [0.05, 0.1) is 24.9 Å². The zero-order chi connectivity index (χ0) is 28.5. The molecule has 1 fully saturated rings. The van der Waals surface area contributed by atoms with E-state index in [1.807, 2.05) is 85.1 Å². The number of hydrogen-bond acceptors (Lipinski definition) is 5. The molecule has 3 heterocycles. The molecule has 8 heteroatoms. The molecule has 1 aliphatic rings. The second-order valence-corrected chi connectivity index (χ2v) is 10.3. The summed E-state index contributed by atoms with van der Waals surface area (Å²) in [5, 5.41) is 14.0. The molecule has 6 rings (SSSR count). The predicted molar refractivity (Wildman–Crippen MR) is 164 cm³/mol. The number of hydrogen-bond donors (Lipinski definition) is 2. The second kappa shape index (κ2) is 11.0. The monoisotopic (exact) mass is 562 g/mol. The molecular weight excluding hydrogens is 532 g/mol. The number of benzene rings is 3. The Bertz CT molecular complexity index is 1670. The summed E-state index contributed by atoms with van der Waals surface area (Å²) < 4.78 is 13.5. The van der Waals surface area contributed by atoms with Gasteiger partial charge < -0.3 is 29.4 Å². The van der Waals surface area contributed by atoms with Crippen LogP contribution in [0.2, 0.25) is 0 Å². The van der Waals surface area contributed by atoms with Gasteiger partial charge >= 0.3 is 0 Å². The van der Waals surface area contributed by atoms with Gasteiger partial charge in [0.25, 0.3) is 0 Å². The van der Waals surface area contributed by atoms with Gasteiger partial charge in [-0.15, -0.1) is 0 Å². The maximum Gasteiger partial charge on any atom is 0.174 e. The van der Waals surface area contributed by atoms with E-state index in [4.69, 9.17) is 21.7 Å². The van der Waals surface area contributed by atoms with Gasteiger partial charge in [-0.25, -0.2) is 0 Å². The molecule has 3 aromatic carbocycles. The maximum atomic E-state index is 9.83. The first kappa shape index (κ1) is 26.4. The molecule has 2 N–H and O–H groups in total. The Labute approximate surface area is 244 Å². The largest absolute Gasteiger partial charge is 0.508 e. The first-order chi connectivity index (χ1) is 19.9. The maximum absolute atomic E-state index is 9.83. The highest BCUT2D eigenvalue weighted by atomic mass is 32.1. The normalized spacial score (nSPS) is 16.5. The van der Waals surface area contributed by atoms with Crippen molar-refractivity contribution in [2.75, 3.05) is 12.0 Å². The van der Waals surface area contributed by atoms with Crippen LogP contribution in [0, 0.1) is 13.8 Å². The van der Waals surface area contributed by atoms with Crippen LogP contribution in [0.1, 0.15) is 34.7 Å². The Morgan fingerprint density at radius 1 is 0.829 bits per heavy atom. The summed E-state index contributed by atoms with van der Waals surface area (Å²) >= 11 is 5.94. The molecule has 2 aromatic heterocycles. The summed E-state index contributed by atoms with van der Waals surface area (Å²) in [6.45, 7) is 4.21. The van der Waals surface area contributed by atoms with Crippen LogP contribution in [0.15, 0.2) is 103 Å². The number of nitrogens with one attached hydrogen (secondary N) is 1. The van der Waals surface area contributed by atoms with Gasteiger partial charge in [0, 0.05) is 29.0 Å². The van der Waals surface area contributed by atoms with Gasteiger partial charge in [0.2, 0.25) is 0 Å². The number of phenols is 1. The van der Waals surface area contributed by atoms with E-state index in [9.17, 15) is 5.11 Å². The highest BCUT2D eigenvalue weighted by Crippen LogP contribution is 2.44. The number of anilines is 1. The molecule has 0 bridgehead atoms. The second-order valence-electron chi connectivity index (χ2n) is 9.95. The first-order valence-electron chi connectivity index (χ1n) is 13.3. The van der Waals surface area contributed by atoms with Gasteiger partial charge in [0.15, 0.2) is 5.11 Å². The third-order valence-corrected chi connectivity index (χ3v) is 7.72. The van der Waals surface area contributed by atoms with E-state index in [2.05, 4.69) is 39.7 Å². The summed E-state index contributed by atoms with van der Waals surface area (Å²) in [7, 11) is 1.64. The molecule has 206 valence electrons. The molecule has 1 saturated heterocycles. The molecule has 7 nitrogen and oxygen atoms in total. The molecule has 0 unspecified atom stereocenters. The van der Waals surface area contributed by atoms with Crippen molar-refractivity contribution < 1.29 is 14.6 Å². The highest BCUT2D eigenvalue weighted by molar-refractivity contribution is 7.80. The molecule has 2 atom stereocenters. The first-order valence-corrected chi connectivity index (χ1v) is 13.7. The van der Waals surface area contributed by atoms with E-state index >= 15 is 0 Å². The molecule has 0 saturated carbocycles. The number of thiocarbonyl (C=S) groups is 1. The van der Waals surface area contributed by atoms with E-state index in [-0.39, 0.29) is 17.8 Å². The molecule has 1 aliphatic heterocycles. The van der Waals surface area contributed by atoms with E-state index in [1.165, 1.54) is 0 Å². The van der Waals surface area contributed by atoms with Gasteiger partial charge in [0.1, 0.15) is 23.0 Å². The average Bonchev–Trinajstić information content (AvgIpc) is 3.49. The van der Waals surface area contributed by atoms with Crippen molar-refractivity contribution in [1.82, 2.24) is 14.9 Å². The summed E-state index contributed by atoms with van der Waals surface area (Å²) in [5.74, 6) is 2.47. The van der Waals surface area contributed by atoms with E-state index < -0.39 is 0 Å². The SMILES string of the molecule is COc1ccc(Oc2ccc(N3C(=S)N[C@H](c4ccccn4)[C@@H]3c3cc(C)n(-c4ccc(O)cc4)c3C)cc2)cc1. The predicted octanol–water partition coefficient (Wildman–Crippen LogP) is 7.17. The fourth-order valence-corrected chi connectivity index (χ4v) is 5.84. The van der Waals surface area contributed by atoms with Crippen molar-refractivity contribution in [3.8, 4) is 28.7 Å². The van der Waals surface area contributed by atoms with E-state index in [0.29, 0.717) is 5.11 Å². The summed E-state index contributed by atoms with van der Waals surface area (Å²) in [6, 6.07) is 30.6. The third kappa shape index (κ3) is 5.10. The lowest BCUT2D eigenvalue weighted by Gasteiger charge is -2.28. The van der Waals surface area contributed by atoms with E-state index in [1.54, 1.807) is 19.2 Å². The summed E-state index contributed by atoms with van der Waals surface area (Å²) in [6.07, 6.45) is 1.81. The Balaban J connectivity index is 1.38. The average molecular weight is 563 g/mol. The molecule has 0 radical (unpaired) electrons. The molecular formula is C33H30N4O3S. The van der Waals surface area contributed by atoms with E-state index in [0.717, 1.165) is 51.3 Å². The molecule has 0 aliphatic carbocycles. The number of rotatable bonds is 7. The number of nitrogens with zero attached hydrogens (tertiary/aromatic N) is 3. The summed E-state index contributed by atoms with van der Waals surface area (Å²) in [5.41, 5.74) is 6.16. The number of aromatic nitrogens is 2. The van der Waals surface area contributed by atoms with Crippen LogP contribution in [-0.2, 0) is 0 Å². The van der Waals surface area contributed by atoms with Crippen LogP contribution in [0.3, 0.4) is 0 Å². The molecule has 0 amide bonds.